The van der Waals surface area contributed by atoms with Crippen LogP contribution in [0.3, 0.4) is 0 Å². The van der Waals surface area contributed by atoms with Gasteiger partial charge in [-0.15, -0.1) is 10.2 Å². The van der Waals surface area contributed by atoms with Crippen LogP contribution in [-0.4, -0.2) is 45.1 Å². The molecule has 2 aromatic rings. The molecule has 0 saturated heterocycles. The van der Waals surface area contributed by atoms with E-state index in [2.05, 4.69) is 34.7 Å². The van der Waals surface area contributed by atoms with Gasteiger partial charge in [-0.1, -0.05) is 50.6 Å². The van der Waals surface area contributed by atoms with Crippen molar-refractivity contribution in [2.75, 3.05) is 12.4 Å². The Kier molecular flexibility index (Phi) is 6.88. The number of benzene rings is 1. The Labute approximate surface area is 191 Å². The number of nitrogens with zero attached hydrogens (tertiary/aromatic N) is 3. The van der Waals surface area contributed by atoms with Crippen LogP contribution in [0.2, 0.25) is 0 Å². The Morgan fingerprint density at radius 2 is 1.97 bits per heavy atom. The van der Waals surface area contributed by atoms with Gasteiger partial charge in [0.1, 0.15) is 6.61 Å². The smallest absolute Gasteiger partial charge is 0.321 e. The number of imide groups is 1. The highest BCUT2D eigenvalue weighted by Gasteiger charge is 2.29. The molecule has 3 amide bonds. The second kappa shape index (κ2) is 9.81. The summed E-state index contributed by atoms with van der Waals surface area (Å²) in [6.07, 6.45) is 2.83. The van der Waals surface area contributed by atoms with E-state index < -0.39 is 12.1 Å². The fraction of sp³-hybridized carbons (Fsp3) is 0.545. The molecule has 1 aliphatic carbocycles. The first-order chi connectivity index (χ1) is 15.4. The van der Waals surface area contributed by atoms with Crippen LogP contribution in [0.1, 0.15) is 45.0 Å². The molecule has 1 aromatic carbocycles. The lowest BCUT2D eigenvalue weighted by atomic mass is 9.78. The van der Waals surface area contributed by atoms with Gasteiger partial charge in [0, 0.05) is 13.1 Å². The van der Waals surface area contributed by atoms with Crippen LogP contribution in [0.4, 0.5) is 4.79 Å². The van der Waals surface area contributed by atoms with E-state index in [1.165, 1.54) is 18.2 Å². The molecule has 1 saturated carbocycles. The summed E-state index contributed by atoms with van der Waals surface area (Å²) in [5, 5.41) is 14.3. The zero-order valence-electron chi connectivity index (χ0n) is 18.5. The molecule has 0 radical (unpaired) electrons. The third-order valence-corrected chi connectivity index (χ3v) is 7.29. The van der Waals surface area contributed by atoms with Gasteiger partial charge in [-0.2, -0.15) is 0 Å². The Hall–Kier alpha value is -2.75. The number of carbonyl (C=O) groups is 2. The number of rotatable bonds is 5. The minimum Gasteiger partial charge on any atom is -0.485 e. The van der Waals surface area contributed by atoms with Gasteiger partial charge in [0.15, 0.2) is 28.6 Å². The number of nitrogens with one attached hydrogen (secondary N) is 2. The molecule has 2 heterocycles. The highest BCUT2D eigenvalue weighted by molar-refractivity contribution is 7.99. The van der Waals surface area contributed by atoms with E-state index in [1.807, 2.05) is 31.3 Å². The topological polar surface area (TPSA) is 107 Å². The molecule has 9 nitrogen and oxygen atoms in total. The van der Waals surface area contributed by atoms with Gasteiger partial charge in [-0.05, 0) is 30.4 Å². The monoisotopic (exact) mass is 459 g/mol. The number of hydrogen-bond donors (Lipinski definition) is 2. The second-order valence-corrected chi connectivity index (χ2v) is 9.39. The molecule has 2 aliphatic rings. The molecular weight excluding hydrogens is 430 g/mol. The van der Waals surface area contributed by atoms with Crippen LogP contribution in [0, 0.1) is 11.8 Å². The van der Waals surface area contributed by atoms with Crippen LogP contribution in [0.25, 0.3) is 0 Å². The minimum absolute atomic E-state index is 0.0564. The van der Waals surface area contributed by atoms with Gasteiger partial charge in [0.25, 0.3) is 0 Å². The van der Waals surface area contributed by atoms with E-state index in [9.17, 15) is 9.59 Å². The summed E-state index contributed by atoms with van der Waals surface area (Å²) in [6.45, 7) is 4.68. The number of amides is 3. The average molecular weight is 460 g/mol. The SMILES string of the molecule is C[C@H]1[C@H](C)CCC[C@@H]1NC(=O)NC(=O)CSc1nnc([C@@H]2COc3ccccc3O2)n1C. The average Bonchev–Trinajstić information content (AvgIpc) is 3.15. The summed E-state index contributed by atoms with van der Waals surface area (Å²) >= 11 is 1.22. The zero-order valence-corrected chi connectivity index (χ0v) is 19.4. The van der Waals surface area contributed by atoms with Gasteiger partial charge in [0.05, 0.1) is 5.75 Å². The number of thioether (sulfide) groups is 1. The molecule has 0 bridgehead atoms. The van der Waals surface area contributed by atoms with E-state index in [0.29, 0.717) is 40.9 Å². The number of aromatic nitrogens is 3. The first kappa shape index (κ1) is 22.4. The Bertz CT molecular complexity index is 981. The lowest BCUT2D eigenvalue weighted by Crippen LogP contribution is -2.49. The molecule has 0 spiro atoms. The standard InChI is InChI=1S/C22H29N5O4S/c1-13-7-6-8-15(14(13)2)23-21(29)24-19(28)12-32-22-26-25-20(27(22)3)18-11-30-16-9-4-5-10-17(16)31-18/h4-5,9-10,13-15,18H,6-8,11-12H2,1-3H3,(H2,23,24,28,29)/t13-,14+,15+,18+/m1/s1. The number of hydrogen-bond acceptors (Lipinski definition) is 7. The lowest BCUT2D eigenvalue weighted by Gasteiger charge is -2.34. The van der Waals surface area contributed by atoms with Crippen LogP contribution in [0.5, 0.6) is 11.5 Å². The summed E-state index contributed by atoms with van der Waals surface area (Å²) in [5.41, 5.74) is 0. The zero-order chi connectivity index (χ0) is 22.7. The van der Waals surface area contributed by atoms with Gasteiger partial charge >= 0.3 is 6.03 Å². The summed E-state index contributed by atoms with van der Waals surface area (Å²) in [6, 6.07) is 7.13. The van der Waals surface area contributed by atoms with Crippen LogP contribution in [-0.2, 0) is 11.8 Å². The number of carbonyl (C=O) groups excluding carboxylic acids is 2. The molecule has 4 atom stereocenters. The maximum absolute atomic E-state index is 12.3. The van der Waals surface area contributed by atoms with Crippen molar-refractivity contribution < 1.29 is 19.1 Å². The van der Waals surface area contributed by atoms with Gasteiger partial charge in [0.2, 0.25) is 5.91 Å². The summed E-state index contributed by atoms with van der Waals surface area (Å²) in [7, 11) is 1.82. The fourth-order valence-electron chi connectivity index (χ4n) is 4.16. The number of urea groups is 1. The molecule has 32 heavy (non-hydrogen) atoms. The van der Waals surface area contributed by atoms with E-state index in [1.54, 1.807) is 4.57 Å². The molecule has 4 rings (SSSR count). The molecule has 2 N–H and O–H groups in total. The Balaban J connectivity index is 1.28. The van der Waals surface area contributed by atoms with Gasteiger partial charge in [-0.3, -0.25) is 10.1 Å². The van der Waals surface area contributed by atoms with Gasteiger partial charge < -0.3 is 19.4 Å². The first-order valence-corrected chi connectivity index (χ1v) is 11.9. The van der Waals surface area contributed by atoms with E-state index in [0.717, 1.165) is 12.8 Å². The molecule has 10 heteroatoms. The maximum Gasteiger partial charge on any atom is 0.321 e. The Morgan fingerprint density at radius 1 is 1.19 bits per heavy atom. The van der Waals surface area contributed by atoms with Crippen molar-refractivity contribution in [3.63, 3.8) is 0 Å². The van der Waals surface area contributed by atoms with Crippen LogP contribution >= 0.6 is 11.8 Å². The van der Waals surface area contributed by atoms with Crippen molar-refractivity contribution in [2.45, 2.75) is 50.4 Å². The molecule has 1 fully saturated rings. The third kappa shape index (κ3) is 5.01. The lowest BCUT2D eigenvalue weighted by molar-refractivity contribution is -0.117. The predicted octanol–water partition coefficient (Wildman–Crippen LogP) is 3.07. The predicted molar refractivity (Wildman–Crippen MR) is 120 cm³/mol. The molecule has 1 aromatic heterocycles. The maximum atomic E-state index is 12.3. The molecular formula is C22H29N5O4S. The summed E-state index contributed by atoms with van der Waals surface area (Å²) < 4.78 is 13.5. The normalized spacial score (nSPS) is 24.6. The Morgan fingerprint density at radius 3 is 2.78 bits per heavy atom. The van der Waals surface area contributed by atoms with Crippen molar-refractivity contribution in [3.05, 3.63) is 30.1 Å². The fourth-order valence-corrected chi connectivity index (χ4v) is 4.88. The first-order valence-electron chi connectivity index (χ1n) is 10.9. The van der Waals surface area contributed by atoms with Crippen molar-refractivity contribution in [3.8, 4) is 11.5 Å². The molecule has 172 valence electrons. The number of para-hydroxylation sites is 2. The van der Waals surface area contributed by atoms with E-state index in [4.69, 9.17) is 9.47 Å². The van der Waals surface area contributed by atoms with Crippen LogP contribution < -0.4 is 20.1 Å². The van der Waals surface area contributed by atoms with Crippen LogP contribution in [0.15, 0.2) is 29.4 Å². The number of ether oxygens (including phenoxy) is 2. The molecule has 1 aliphatic heterocycles. The van der Waals surface area contributed by atoms with Crippen molar-refractivity contribution in [1.29, 1.82) is 0 Å². The van der Waals surface area contributed by atoms with Crippen molar-refractivity contribution in [1.82, 2.24) is 25.4 Å². The second-order valence-electron chi connectivity index (χ2n) is 8.45. The number of fused-ring (bicyclic) bond motifs is 1. The van der Waals surface area contributed by atoms with Crippen molar-refractivity contribution in [2.24, 2.45) is 18.9 Å². The quantitative estimate of drug-likeness (QED) is 0.662. The summed E-state index contributed by atoms with van der Waals surface area (Å²) in [4.78, 5) is 24.5. The van der Waals surface area contributed by atoms with Crippen molar-refractivity contribution >= 4 is 23.7 Å². The summed E-state index contributed by atoms with van der Waals surface area (Å²) in [5.74, 6) is 2.62. The highest BCUT2D eigenvalue weighted by Crippen LogP contribution is 2.35. The largest absolute Gasteiger partial charge is 0.485 e. The van der Waals surface area contributed by atoms with Gasteiger partial charge in [-0.25, -0.2) is 4.79 Å². The van der Waals surface area contributed by atoms with E-state index >= 15 is 0 Å². The minimum atomic E-state index is -0.438. The highest BCUT2D eigenvalue weighted by atomic mass is 32.2. The third-order valence-electron chi connectivity index (χ3n) is 6.27. The molecule has 0 unspecified atom stereocenters. The van der Waals surface area contributed by atoms with E-state index in [-0.39, 0.29) is 17.7 Å².